The van der Waals surface area contributed by atoms with Crippen LogP contribution in [0.15, 0.2) is 47.4 Å². The van der Waals surface area contributed by atoms with Gasteiger partial charge in [0.2, 0.25) is 0 Å². The molecule has 2 aromatic carbocycles. The molecule has 5 nitrogen and oxygen atoms in total. The molecular weight excluding hydrogens is 393 g/mol. The van der Waals surface area contributed by atoms with Crippen LogP contribution in [0, 0.1) is 6.92 Å². The van der Waals surface area contributed by atoms with Crippen LogP contribution in [-0.2, 0) is 10.1 Å². The number of aryl methyl sites for hydroxylation is 1. The van der Waals surface area contributed by atoms with Crippen LogP contribution in [0.3, 0.4) is 0 Å². The molecule has 3 rings (SSSR count). The Hall–Kier alpha value is -1.37. The summed E-state index contributed by atoms with van der Waals surface area (Å²) in [5.74, 6) is 0.969. The van der Waals surface area contributed by atoms with Crippen molar-refractivity contribution in [2.45, 2.75) is 24.8 Å². The van der Waals surface area contributed by atoms with Crippen molar-refractivity contribution in [1.29, 1.82) is 0 Å². The third-order valence-electron chi connectivity index (χ3n) is 3.77. The maximum atomic E-state index is 10.5. The molecule has 1 atom stereocenters. The van der Waals surface area contributed by atoms with Gasteiger partial charge in [0.1, 0.15) is 0 Å². The van der Waals surface area contributed by atoms with Gasteiger partial charge in [0, 0.05) is 0 Å². The molecular formula is C17H21NO4SSe. The minimum atomic E-state index is -4.02. The van der Waals surface area contributed by atoms with E-state index in [-0.39, 0.29) is 4.90 Å². The molecule has 1 N–H and O–H groups in total. The minimum Gasteiger partial charge on any atom is -0.282 e. The Morgan fingerprint density at radius 2 is 1.79 bits per heavy atom. The van der Waals surface area contributed by atoms with Crippen LogP contribution in [0.5, 0.6) is 5.75 Å². The maximum absolute atomic E-state index is 10.5. The van der Waals surface area contributed by atoms with Gasteiger partial charge in [-0.25, -0.2) is 0 Å². The van der Waals surface area contributed by atoms with Crippen LogP contribution >= 0.6 is 0 Å². The van der Waals surface area contributed by atoms with Gasteiger partial charge in [0.15, 0.2) is 0 Å². The third kappa shape index (κ3) is 4.59. The topological polar surface area (TPSA) is 66.8 Å². The first-order valence-electron chi connectivity index (χ1n) is 7.35. The fourth-order valence-electron chi connectivity index (χ4n) is 2.20. The van der Waals surface area contributed by atoms with E-state index < -0.39 is 10.1 Å². The largest absolute Gasteiger partial charge is 0.294 e. The van der Waals surface area contributed by atoms with Crippen molar-refractivity contribution in [3.05, 3.63) is 53.6 Å². The molecule has 0 radical (unpaired) electrons. The number of ether oxygens (including phenoxy) is 1. The first kappa shape index (κ1) is 19.0. The monoisotopic (exact) mass is 415 g/mol. The summed E-state index contributed by atoms with van der Waals surface area (Å²) >= 11 is 0.501. The van der Waals surface area contributed by atoms with E-state index in [9.17, 15) is 8.42 Å². The van der Waals surface area contributed by atoms with E-state index in [0.29, 0.717) is 21.2 Å². The van der Waals surface area contributed by atoms with Crippen LogP contribution in [-0.4, -0.2) is 46.2 Å². The molecule has 1 unspecified atom stereocenters. The van der Waals surface area contributed by atoms with Gasteiger partial charge in [-0.15, -0.1) is 0 Å². The molecule has 0 spiro atoms. The van der Waals surface area contributed by atoms with E-state index in [1.54, 1.807) is 19.2 Å². The molecule has 2 aromatic rings. The van der Waals surface area contributed by atoms with Gasteiger partial charge in [0.05, 0.1) is 4.90 Å². The van der Waals surface area contributed by atoms with Gasteiger partial charge in [-0.1, -0.05) is 17.7 Å². The second-order valence-electron chi connectivity index (χ2n) is 5.51. The van der Waals surface area contributed by atoms with E-state index in [1.165, 1.54) is 22.2 Å². The van der Waals surface area contributed by atoms with E-state index in [4.69, 9.17) is 9.29 Å². The Balaban J connectivity index is 0.000000177. The maximum Gasteiger partial charge on any atom is 0.294 e. The van der Waals surface area contributed by atoms with Crippen molar-refractivity contribution in [3.8, 4) is 5.75 Å². The normalized spacial score (nSPS) is 17.0. The van der Waals surface area contributed by atoms with Crippen LogP contribution in [0.4, 0.5) is 0 Å². The molecule has 24 heavy (non-hydrogen) atoms. The van der Waals surface area contributed by atoms with Crippen LogP contribution in [0.2, 0.25) is 0 Å². The molecule has 0 bridgehead atoms. The standard InChI is InChI=1S/C10H13NOSe.C7H8O3S/c1-7-9-6-8(12-3)4-5-10(9)13-11(7)2;1-6-2-4-7(5-3-6)11(8,9)10/h4-7H,1-3H3;2-5H,1H3,(H,8,9,10). The first-order valence-corrected chi connectivity index (χ1v) is 10.4. The van der Waals surface area contributed by atoms with Crippen molar-refractivity contribution in [2.75, 3.05) is 14.2 Å². The van der Waals surface area contributed by atoms with Crippen molar-refractivity contribution in [2.24, 2.45) is 0 Å². The van der Waals surface area contributed by atoms with Crippen molar-refractivity contribution < 1.29 is 17.7 Å². The number of methoxy groups -OCH3 is 1. The van der Waals surface area contributed by atoms with Gasteiger partial charge in [-0.3, -0.25) is 4.55 Å². The fourth-order valence-corrected chi connectivity index (χ4v) is 4.88. The zero-order valence-corrected chi connectivity index (χ0v) is 16.6. The van der Waals surface area contributed by atoms with E-state index >= 15 is 0 Å². The quantitative estimate of drug-likeness (QED) is 0.603. The molecule has 130 valence electrons. The summed E-state index contributed by atoms with van der Waals surface area (Å²) in [5.41, 5.74) is 2.39. The van der Waals surface area contributed by atoms with Crippen molar-refractivity contribution >= 4 is 29.8 Å². The molecule has 0 aliphatic carbocycles. The molecule has 7 heteroatoms. The summed E-state index contributed by atoms with van der Waals surface area (Å²) in [6, 6.07) is 12.9. The van der Waals surface area contributed by atoms with Crippen molar-refractivity contribution in [1.82, 2.24) is 3.92 Å². The summed E-state index contributed by atoms with van der Waals surface area (Å²) in [6.45, 7) is 4.08. The molecule has 0 saturated carbocycles. The molecule has 1 heterocycles. The van der Waals surface area contributed by atoms with Gasteiger partial charge >= 0.3 is 84.9 Å². The third-order valence-corrected chi connectivity index (χ3v) is 7.10. The Labute approximate surface area is 149 Å². The number of nitrogens with zero attached hydrogens (tertiary/aromatic N) is 1. The summed E-state index contributed by atoms with van der Waals surface area (Å²) < 4.78 is 38.7. The SMILES string of the molecule is COc1ccc2c(c1)C(C)N(C)[Se]2.Cc1ccc(S(=O)(=O)O)cc1. The van der Waals surface area contributed by atoms with Crippen molar-refractivity contribution in [3.63, 3.8) is 0 Å². The van der Waals surface area contributed by atoms with Crippen LogP contribution < -0.4 is 9.20 Å². The number of benzene rings is 2. The molecule has 0 saturated heterocycles. The predicted molar refractivity (Wildman–Crippen MR) is 95.6 cm³/mol. The zero-order chi connectivity index (χ0) is 17.9. The summed E-state index contributed by atoms with van der Waals surface area (Å²) in [5, 5.41) is 0. The summed E-state index contributed by atoms with van der Waals surface area (Å²) in [6.07, 6.45) is 0. The average molecular weight is 414 g/mol. The number of hydrogen-bond acceptors (Lipinski definition) is 4. The molecule has 1 aliphatic heterocycles. The Bertz CT molecular complexity index is 806. The van der Waals surface area contributed by atoms with E-state index in [2.05, 4.69) is 30.0 Å². The van der Waals surface area contributed by atoms with E-state index in [0.717, 1.165) is 11.3 Å². The van der Waals surface area contributed by atoms with Gasteiger partial charge in [-0.2, -0.15) is 8.42 Å². The Kier molecular flexibility index (Phi) is 6.06. The predicted octanol–water partition coefficient (Wildman–Crippen LogP) is 2.19. The van der Waals surface area contributed by atoms with E-state index in [1.807, 2.05) is 13.0 Å². The number of rotatable bonds is 2. The van der Waals surface area contributed by atoms with Gasteiger partial charge in [0.25, 0.3) is 10.1 Å². The zero-order valence-electron chi connectivity index (χ0n) is 14.1. The summed E-state index contributed by atoms with van der Waals surface area (Å²) in [7, 11) is -0.123. The van der Waals surface area contributed by atoms with Crippen LogP contribution in [0.1, 0.15) is 24.1 Å². The number of fused-ring (bicyclic) bond motifs is 1. The Morgan fingerprint density at radius 1 is 1.17 bits per heavy atom. The molecule has 0 aromatic heterocycles. The van der Waals surface area contributed by atoms with Crippen LogP contribution in [0.25, 0.3) is 0 Å². The average Bonchev–Trinajstić information content (AvgIpc) is 2.82. The fraction of sp³-hybridized carbons (Fsp3) is 0.294. The van der Waals surface area contributed by atoms with Gasteiger partial charge in [-0.05, 0) is 19.1 Å². The Morgan fingerprint density at radius 3 is 2.33 bits per heavy atom. The van der Waals surface area contributed by atoms with Gasteiger partial charge < -0.3 is 0 Å². The summed E-state index contributed by atoms with van der Waals surface area (Å²) in [4.78, 5) is -0.0666. The second-order valence-corrected chi connectivity index (χ2v) is 9.44. The molecule has 0 fully saturated rings. The molecule has 1 aliphatic rings. The molecule has 0 amide bonds. The minimum absolute atomic E-state index is 0.0666. The second kappa shape index (κ2) is 7.68. The number of hydrogen-bond donors (Lipinski definition) is 1. The smallest absolute Gasteiger partial charge is 0.282 e. The first-order chi connectivity index (χ1) is 11.2.